The van der Waals surface area contributed by atoms with Crippen molar-refractivity contribution in [3.8, 4) is 5.75 Å². The molecule has 0 unspecified atom stereocenters. The van der Waals surface area contributed by atoms with Gasteiger partial charge in [0.05, 0.1) is 0 Å². The molecule has 0 aromatic heterocycles. The maximum Gasteiger partial charge on any atom is 0.127 e. The molecule has 2 nitrogen and oxygen atoms in total. The first kappa shape index (κ1) is 13.8. The summed E-state index contributed by atoms with van der Waals surface area (Å²) in [6.45, 7) is 2.11. The Hall–Kier alpha value is -1.58. The zero-order chi connectivity index (χ0) is 13.8. The number of halogens is 2. The molecule has 2 N–H and O–H groups in total. The molecule has 0 saturated carbocycles. The second-order valence-electron chi connectivity index (χ2n) is 4.35. The normalized spacial score (nSPS) is 12.2. The second kappa shape index (κ2) is 6.04. The lowest BCUT2D eigenvalue weighted by Crippen LogP contribution is -2.08. The molecule has 0 spiro atoms. The highest BCUT2D eigenvalue weighted by Crippen LogP contribution is 2.26. The van der Waals surface area contributed by atoms with Gasteiger partial charge in [0.25, 0.3) is 0 Å². The zero-order valence-electron chi connectivity index (χ0n) is 10.6. The highest BCUT2D eigenvalue weighted by molar-refractivity contribution is 6.31. The van der Waals surface area contributed by atoms with Crippen molar-refractivity contribution in [2.24, 2.45) is 5.73 Å². The molecule has 2 aromatic rings. The van der Waals surface area contributed by atoms with Crippen LogP contribution < -0.4 is 10.5 Å². The summed E-state index contributed by atoms with van der Waals surface area (Å²) in [6.07, 6.45) is 0. The molecule has 100 valence electrons. The summed E-state index contributed by atoms with van der Waals surface area (Å²) in [4.78, 5) is 0. The molecule has 0 aliphatic rings. The van der Waals surface area contributed by atoms with Gasteiger partial charge in [0.1, 0.15) is 18.2 Å². The topological polar surface area (TPSA) is 35.2 Å². The molecule has 0 heterocycles. The maximum absolute atomic E-state index is 13.3. The molecule has 2 aromatic carbocycles. The van der Waals surface area contributed by atoms with Crippen LogP contribution in [-0.4, -0.2) is 0 Å². The predicted octanol–water partition coefficient (Wildman–Crippen LogP) is 4.08. The third-order valence-electron chi connectivity index (χ3n) is 2.81. The van der Waals surface area contributed by atoms with E-state index in [-0.39, 0.29) is 18.5 Å². The summed E-state index contributed by atoms with van der Waals surface area (Å²) < 4.78 is 18.9. The molecule has 0 saturated heterocycles. The van der Waals surface area contributed by atoms with E-state index in [2.05, 4.69) is 0 Å². The van der Waals surface area contributed by atoms with Crippen LogP contribution >= 0.6 is 11.6 Å². The van der Waals surface area contributed by atoms with Crippen molar-refractivity contribution in [1.29, 1.82) is 0 Å². The molecule has 1 atom stereocenters. The van der Waals surface area contributed by atoms with Crippen molar-refractivity contribution < 1.29 is 9.13 Å². The number of benzene rings is 2. The number of nitrogens with two attached hydrogens (primary N) is 1. The van der Waals surface area contributed by atoms with Crippen LogP contribution in [0, 0.1) is 5.82 Å². The van der Waals surface area contributed by atoms with Gasteiger partial charge in [-0.05, 0) is 19.1 Å². The lowest BCUT2D eigenvalue weighted by Gasteiger charge is -2.14. The van der Waals surface area contributed by atoms with Crippen LogP contribution in [0.3, 0.4) is 0 Å². The van der Waals surface area contributed by atoms with Crippen molar-refractivity contribution in [1.82, 2.24) is 0 Å². The minimum atomic E-state index is -0.349. The number of rotatable bonds is 4. The third kappa shape index (κ3) is 3.46. The highest BCUT2D eigenvalue weighted by atomic mass is 35.5. The number of hydrogen-bond donors (Lipinski definition) is 1. The molecule has 0 bridgehead atoms. The largest absolute Gasteiger partial charge is 0.488 e. The van der Waals surface area contributed by atoms with Gasteiger partial charge in [0.2, 0.25) is 0 Å². The molecule has 0 fully saturated rings. The average molecular weight is 280 g/mol. The zero-order valence-corrected chi connectivity index (χ0v) is 11.3. The summed E-state index contributed by atoms with van der Waals surface area (Å²) in [5.74, 6) is 0.105. The minimum Gasteiger partial charge on any atom is -0.488 e. The van der Waals surface area contributed by atoms with Crippen molar-refractivity contribution in [3.63, 3.8) is 0 Å². The SMILES string of the molecule is C[C@@H](N)c1ccc(F)cc1OCc1ccccc1Cl. The second-order valence-corrected chi connectivity index (χ2v) is 4.76. The van der Waals surface area contributed by atoms with Crippen LogP contribution in [0.4, 0.5) is 4.39 Å². The molecular weight excluding hydrogens is 265 g/mol. The Morgan fingerprint density at radius 1 is 1.26 bits per heavy atom. The van der Waals surface area contributed by atoms with Crippen molar-refractivity contribution in [2.75, 3.05) is 0 Å². The standard InChI is InChI=1S/C15H15ClFNO/c1-10(18)13-7-6-12(17)8-15(13)19-9-11-4-2-3-5-14(11)16/h2-8,10H,9,18H2,1H3/t10-/m1/s1. The van der Waals surface area contributed by atoms with Crippen LogP contribution in [0.1, 0.15) is 24.1 Å². The van der Waals surface area contributed by atoms with E-state index < -0.39 is 0 Å². The minimum absolute atomic E-state index is 0.221. The van der Waals surface area contributed by atoms with Crippen LogP contribution in [0.2, 0.25) is 5.02 Å². The molecule has 4 heteroatoms. The Bertz CT molecular complexity index is 572. The molecule has 0 aliphatic carbocycles. The van der Waals surface area contributed by atoms with Gasteiger partial charge in [-0.25, -0.2) is 4.39 Å². The molecular formula is C15H15ClFNO. The summed E-state index contributed by atoms with van der Waals surface area (Å²) in [7, 11) is 0. The van der Waals surface area contributed by atoms with Gasteiger partial charge in [0, 0.05) is 28.3 Å². The monoisotopic (exact) mass is 279 g/mol. The van der Waals surface area contributed by atoms with Gasteiger partial charge in [-0.3, -0.25) is 0 Å². The molecule has 0 radical (unpaired) electrons. The van der Waals surface area contributed by atoms with Gasteiger partial charge in [-0.15, -0.1) is 0 Å². The third-order valence-corrected chi connectivity index (χ3v) is 3.18. The Morgan fingerprint density at radius 2 is 2.00 bits per heavy atom. The van der Waals surface area contributed by atoms with E-state index in [0.29, 0.717) is 10.8 Å². The molecule has 0 amide bonds. The number of hydrogen-bond acceptors (Lipinski definition) is 2. The quantitative estimate of drug-likeness (QED) is 0.915. The lowest BCUT2D eigenvalue weighted by molar-refractivity contribution is 0.300. The van der Waals surface area contributed by atoms with Crippen LogP contribution in [-0.2, 0) is 6.61 Å². The van der Waals surface area contributed by atoms with Crippen molar-refractivity contribution in [2.45, 2.75) is 19.6 Å². The highest BCUT2D eigenvalue weighted by Gasteiger charge is 2.10. The Labute approximate surface area is 117 Å². The van der Waals surface area contributed by atoms with E-state index in [1.165, 1.54) is 12.1 Å². The van der Waals surface area contributed by atoms with E-state index in [4.69, 9.17) is 22.1 Å². The summed E-state index contributed by atoms with van der Waals surface area (Å²) >= 11 is 6.05. The van der Waals surface area contributed by atoms with E-state index in [9.17, 15) is 4.39 Å². The van der Waals surface area contributed by atoms with Gasteiger partial charge < -0.3 is 10.5 Å². The number of ether oxygens (including phenoxy) is 1. The fraction of sp³-hybridized carbons (Fsp3) is 0.200. The first-order valence-corrected chi connectivity index (χ1v) is 6.37. The summed E-state index contributed by atoms with van der Waals surface area (Å²) in [5.41, 5.74) is 7.46. The summed E-state index contributed by atoms with van der Waals surface area (Å²) in [5, 5.41) is 0.626. The van der Waals surface area contributed by atoms with Crippen molar-refractivity contribution in [3.05, 3.63) is 64.4 Å². The Balaban J connectivity index is 2.19. The van der Waals surface area contributed by atoms with E-state index in [1.54, 1.807) is 12.1 Å². The first-order valence-electron chi connectivity index (χ1n) is 5.99. The van der Waals surface area contributed by atoms with E-state index in [1.807, 2.05) is 25.1 Å². The van der Waals surface area contributed by atoms with Crippen LogP contribution in [0.5, 0.6) is 5.75 Å². The molecule has 0 aliphatic heterocycles. The summed E-state index contributed by atoms with van der Waals surface area (Å²) in [6, 6.07) is 11.5. The van der Waals surface area contributed by atoms with Gasteiger partial charge in [0.15, 0.2) is 0 Å². The van der Waals surface area contributed by atoms with Gasteiger partial charge in [-0.2, -0.15) is 0 Å². The Kier molecular flexibility index (Phi) is 4.40. The Morgan fingerprint density at radius 3 is 2.68 bits per heavy atom. The fourth-order valence-electron chi connectivity index (χ4n) is 1.78. The van der Waals surface area contributed by atoms with Gasteiger partial charge in [-0.1, -0.05) is 35.9 Å². The van der Waals surface area contributed by atoms with E-state index in [0.717, 1.165) is 11.1 Å². The average Bonchev–Trinajstić information content (AvgIpc) is 2.37. The molecule has 19 heavy (non-hydrogen) atoms. The van der Waals surface area contributed by atoms with Gasteiger partial charge >= 0.3 is 0 Å². The van der Waals surface area contributed by atoms with Crippen LogP contribution in [0.25, 0.3) is 0 Å². The lowest BCUT2D eigenvalue weighted by atomic mass is 10.1. The molecule has 2 rings (SSSR count). The first-order chi connectivity index (χ1) is 9.08. The fourth-order valence-corrected chi connectivity index (χ4v) is 1.97. The van der Waals surface area contributed by atoms with Crippen molar-refractivity contribution >= 4 is 11.6 Å². The predicted molar refractivity (Wildman–Crippen MR) is 74.8 cm³/mol. The van der Waals surface area contributed by atoms with Crippen LogP contribution in [0.15, 0.2) is 42.5 Å². The smallest absolute Gasteiger partial charge is 0.127 e. The van der Waals surface area contributed by atoms with E-state index >= 15 is 0 Å². The maximum atomic E-state index is 13.3.